The monoisotopic (exact) mass is 539 g/mol. The summed E-state index contributed by atoms with van der Waals surface area (Å²) in [5.41, 5.74) is -8.35. The number of thiazole rings is 1. The number of nitrogens with zero attached hydrogens (tertiary/aromatic N) is 2. The second kappa shape index (κ2) is 9.98. The van der Waals surface area contributed by atoms with Crippen molar-refractivity contribution in [1.82, 2.24) is 9.97 Å². The number of aromatic nitrogens is 2. The Morgan fingerprint density at radius 1 is 1.06 bits per heavy atom. The summed E-state index contributed by atoms with van der Waals surface area (Å²) in [5, 5.41) is 1.66. The van der Waals surface area contributed by atoms with E-state index in [1.54, 1.807) is 5.32 Å². The first-order valence-electron chi connectivity index (χ1n) is 9.04. The second-order valence-corrected chi connectivity index (χ2v) is 8.64. The van der Waals surface area contributed by atoms with Gasteiger partial charge >= 0.3 is 18.3 Å². The van der Waals surface area contributed by atoms with Crippen molar-refractivity contribution in [2.45, 2.75) is 39.0 Å². The SMILES string of the molecule is COC(=O)c1c(C(F)F)nc(C(F)(F)F)c(NC(=O)c2sc(Cl)nc2C(F)(F)F)c1CC(C)C. The molecule has 2 heterocycles. The zero-order chi connectivity index (χ0) is 26.2. The first-order chi connectivity index (χ1) is 15.5. The van der Waals surface area contributed by atoms with Crippen molar-refractivity contribution in [2.24, 2.45) is 5.92 Å². The van der Waals surface area contributed by atoms with E-state index in [4.69, 9.17) is 11.6 Å². The molecule has 0 spiro atoms. The van der Waals surface area contributed by atoms with Gasteiger partial charge in [-0.3, -0.25) is 4.79 Å². The average molecular weight is 540 g/mol. The number of anilines is 1. The molecular formula is C18H14ClF8N3O3S. The number of alkyl halides is 8. The van der Waals surface area contributed by atoms with E-state index >= 15 is 0 Å². The van der Waals surface area contributed by atoms with Crippen molar-refractivity contribution < 1.29 is 49.4 Å². The summed E-state index contributed by atoms with van der Waals surface area (Å²) in [6.07, 6.45) is -14.7. The number of hydrogen-bond donors (Lipinski definition) is 1. The van der Waals surface area contributed by atoms with Crippen molar-refractivity contribution in [2.75, 3.05) is 12.4 Å². The number of carbonyl (C=O) groups is 2. The van der Waals surface area contributed by atoms with Crippen LogP contribution < -0.4 is 5.32 Å². The number of halogens is 9. The van der Waals surface area contributed by atoms with Crippen LogP contribution in [0.25, 0.3) is 0 Å². The van der Waals surface area contributed by atoms with Crippen molar-refractivity contribution in [3.63, 3.8) is 0 Å². The summed E-state index contributed by atoms with van der Waals surface area (Å²) in [6, 6.07) is 0. The van der Waals surface area contributed by atoms with E-state index in [-0.39, 0.29) is 11.3 Å². The van der Waals surface area contributed by atoms with Gasteiger partial charge in [0.15, 0.2) is 15.9 Å². The number of esters is 1. The minimum atomic E-state index is -5.44. The van der Waals surface area contributed by atoms with Gasteiger partial charge in [-0.2, -0.15) is 26.3 Å². The molecule has 0 unspecified atom stereocenters. The summed E-state index contributed by atoms with van der Waals surface area (Å²) >= 11 is 5.49. The predicted molar refractivity (Wildman–Crippen MR) is 104 cm³/mol. The molecule has 0 aliphatic carbocycles. The van der Waals surface area contributed by atoms with Gasteiger partial charge in [0.25, 0.3) is 12.3 Å². The van der Waals surface area contributed by atoms with Gasteiger partial charge in [-0.15, -0.1) is 0 Å². The molecule has 0 aromatic carbocycles. The van der Waals surface area contributed by atoms with Gasteiger partial charge < -0.3 is 10.1 Å². The minimum absolute atomic E-state index is 0.0337. The first-order valence-corrected chi connectivity index (χ1v) is 10.2. The van der Waals surface area contributed by atoms with Crippen LogP contribution in [-0.4, -0.2) is 29.0 Å². The van der Waals surface area contributed by atoms with Gasteiger partial charge in [-0.1, -0.05) is 36.8 Å². The highest BCUT2D eigenvalue weighted by atomic mass is 35.5. The lowest BCUT2D eigenvalue weighted by Gasteiger charge is -2.22. The van der Waals surface area contributed by atoms with Crippen molar-refractivity contribution in [1.29, 1.82) is 0 Å². The minimum Gasteiger partial charge on any atom is -0.465 e. The lowest BCUT2D eigenvalue weighted by molar-refractivity contribution is -0.141. The van der Waals surface area contributed by atoms with E-state index in [1.165, 1.54) is 13.8 Å². The average Bonchev–Trinajstić information content (AvgIpc) is 3.09. The van der Waals surface area contributed by atoms with Gasteiger partial charge in [-0.25, -0.2) is 23.5 Å². The zero-order valence-electron chi connectivity index (χ0n) is 17.3. The Morgan fingerprint density at radius 3 is 2.06 bits per heavy atom. The molecular weight excluding hydrogens is 526 g/mol. The number of ether oxygens (including phenoxy) is 1. The van der Waals surface area contributed by atoms with Crippen LogP contribution in [-0.2, 0) is 23.5 Å². The smallest absolute Gasteiger partial charge is 0.435 e. The Hall–Kier alpha value is -2.55. The zero-order valence-corrected chi connectivity index (χ0v) is 18.9. The second-order valence-electron chi connectivity index (χ2n) is 7.06. The largest absolute Gasteiger partial charge is 0.465 e. The third kappa shape index (κ3) is 5.92. The Kier molecular flexibility index (Phi) is 8.13. The highest BCUT2D eigenvalue weighted by Crippen LogP contribution is 2.42. The topological polar surface area (TPSA) is 81.2 Å². The van der Waals surface area contributed by atoms with E-state index in [9.17, 15) is 44.7 Å². The van der Waals surface area contributed by atoms with Crippen LogP contribution in [0.3, 0.4) is 0 Å². The maximum absolute atomic E-state index is 13.8. The molecule has 0 fully saturated rings. The molecule has 0 radical (unpaired) electrons. The molecule has 2 rings (SSSR count). The quantitative estimate of drug-likeness (QED) is 0.339. The maximum atomic E-state index is 13.8. The first kappa shape index (κ1) is 27.7. The molecule has 0 aliphatic rings. The number of carbonyl (C=O) groups excluding carboxylic acids is 2. The molecule has 0 saturated heterocycles. The molecule has 0 saturated carbocycles. The maximum Gasteiger partial charge on any atom is 0.435 e. The van der Waals surface area contributed by atoms with E-state index in [2.05, 4.69) is 14.7 Å². The van der Waals surface area contributed by atoms with E-state index in [1.807, 2.05) is 0 Å². The van der Waals surface area contributed by atoms with Crippen molar-refractivity contribution in [3.05, 3.63) is 37.6 Å². The molecule has 188 valence electrons. The molecule has 34 heavy (non-hydrogen) atoms. The molecule has 1 N–H and O–H groups in total. The third-order valence-electron chi connectivity index (χ3n) is 4.12. The fourth-order valence-electron chi connectivity index (χ4n) is 2.91. The van der Waals surface area contributed by atoms with E-state index < -0.39 is 86.2 Å². The number of methoxy groups -OCH3 is 1. The molecule has 0 atom stereocenters. The summed E-state index contributed by atoms with van der Waals surface area (Å²) in [4.78, 5) is 29.5. The standard InChI is InChI=1S/C18H14ClF8N3O3S/c1-5(2)4-6-7(15(32)33-3)9(13(20)21)28-11(17(22,23)24)8(6)29-14(31)10-12(18(25,26)27)30-16(19)34-10/h5,13H,4H2,1-3H3,(H,29,31). The lowest BCUT2D eigenvalue weighted by Crippen LogP contribution is -2.25. The number of amides is 1. The Bertz CT molecular complexity index is 1100. The van der Waals surface area contributed by atoms with Crippen molar-refractivity contribution in [3.8, 4) is 0 Å². The summed E-state index contributed by atoms with van der Waals surface area (Å²) in [6.45, 7) is 2.93. The van der Waals surface area contributed by atoms with Crippen LogP contribution in [0.15, 0.2) is 0 Å². The summed E-state index contributed by atoms with van der Waals surface area (Å²) in [5.74, 6) is -3.74. The lowest BCUT2D eigenvalue weighted by atomic mass is 9.93. The van der Waals surface area contributed by atoms with Crippen LogP contribution in [0.5, 0.6) is 0 Å². The molecule has 2 aromatic heterocycles. The van der Waals surface area contributed by atoms with Crippen LogP contribution in [0.2, 0.25) is 4.47 Å². The Morgan fingerprint density at radius 2 is 1.62 bits per heavy atom. The van der Waals surface area contributed by atoms with Crippen LogP contribution in [0, 0.1) is 5.92 Å². The fourth-order valence-corrected chi connectivity index (χ4v) is 3.93. The molecule has 0 bridgehead atoms. The van der Waals surface area contributed by atoms with Crippen LogP contribution in [0.4, 0.5) is 40.8 Å². The molecule has 0 aliphatic heterocycles. The Labute approximate surface area is 195 Å². The van der Waals surface area contributed by atoms with Crippen molar-refractivity contribution >= 4 is 40.5 Å². The van der Waals surface area contributed by atoms with Crippen LogP contribution >= 0.6 is 22.9 Å². The third-order valence-corrected chi connectivity index (χ3v) is 5.28. The molecule has 16 heteroatoms. The number of pyridine rings is 1. The van der Waals surface area contributed by atoms with Gasteiger partial charge in [0.05, 0.1) is 18.4 Å². The van der Waals surface area contributed by atoms with Gasteiger partial charge in [0.2, 0.25) is 0 Å². The van der Waals surface area contributed by atoms with Crippen LogP contribution in [0.1, 0.15) is 62.9 Å². The highest BCUT2D eigenvalue weighted by Gasteiger charge is 2.43. The molecule has 2 aromatic rings. The highest BCUT2D eigenvalue weighted by molar-refractivity contribution is 7.17. The molecule has 1 amide bonds. The Balaban J connectivity index is 2.87. The van der Waals surface area contributed by atoms with Gasteiger partial charge in [-0.05, 0) is 17.9 Å². The predicted octanol–water partition coefficient (Wildman–Crippen LogP) is 6.40. The van der Waals surface area contributed by atoms with Gasteiger partial charge in [0.1, 0.15) is 10.6 Å². The van der Waals surface area contributed by atoms with Gasteiger partial charge in [0, 0.05) is 0 Å². The number of nitrogens with one attached hydrogen (secondary N) is 1. The fraction of sp³-hybridized carbons (Fsp3) is 0.444. The summed E-state index contributed by atoms with van der Waals surface area (Å²) in [7, 11) is 0.779. The normalized spacial score (nSPS) is 12.4. The number of rotatable bonds is 6. The number of hydrogen-bond acceptors (Lipinski definition) is 6. The molecule has 6 nitrogen and oxygen atoms in total. The van der Waals surface area contributed by atoms with E-state index in [0.717, 1.165) is 7.11 Å². The summed E-state index contributed by atoms with van der Waals surface area (Å²) < 4.78 is 112. The van der Waals surface area contributed by atoms with E-state index in [0.29, 0.717) is 0 Å².